The van der Waals surface area contributed by atoms with Crippen molar-refractivity contribution in [3.05, 3.63) is 64.8 Å². The summed E-state index contributed by atoms with van der Waals surface area (Å²) in [5, 5.41) is 5.91. The van der Waals surface area contributed by atoms with Crippen LogP contribution < -0.4 is 15.4 Å². The zero-order chi connectivity index (χ0) is 15.8. The van der Waals surface area contributed by atoms with Crippen LogP contribution in [0.15, 0.2) is 61.2 Å². The van der Waals surface area contributed by atoms with Crippen molar-refractivity contribution in [2.75, 3.05) is 23.8 Å². The standard InChI is InChI=1S/C17H17IN2O2/c1-2-10-22-16-5-3-4-15(11-16)19-12-17(21)20-14-8-6-13(18)7-9-14/h2-9,11,19H,1,10,12H2,(H,20,21). The molecular formula is C17H17IN2O2. The Labute approximate surface area is 143 Å². The molecule has 0 saturated heterocycles. The van der Waals surface area contributed by atoms with Crippen molar-refractivity contribution in [2.24, 2.45) is 0 Å². The smallest absolute Gasteiger partial charge is 0.243 e. The van der Waals surface area contributed by atoms with Gasteiger partial charge in [0.1, 0.15) is 12.4 Å². The molecule has 0 spiro atoms. The van der Waals surface area contributed by atoms with E-state index in [1.54, 1.807) is 6.08 Å². The molecule has 0 atom stereocenters. The number of ether oxygens (including phenoxy) is 1. The number of carbonyl (C=O) groups is 1. The number of hydrogen-bond acceptors (Lipinski definition) is 3. The van der Waals surface area contributed by atoms with Gasteiger partial charge >= 0.3 is 0 Å². The lowest BCUT2D eigenvalue weighted by Crippen LogP contribution is -2.21. The van der Waals surface area contributed by atoms with Crippen molar-refractivity contribution in [3.63, 3.8) is 0 Å². The molecule has 114 valence electrons. The van der Waals surface area contributed by atoms with Gasteiger partial charge in [-0.15, -0.1) is 0 Å². The molecule has 4 nitrogen and oxygen atoms in total. The summed E-state index contributed by atoms with van der Waals surface area (Å²) in [6.07, 6.45) is 1.69. The van der Waals surface area contributed by atoms with Crippen molar-refractivity contribution in [3.8, 4) is 5.75 Å². The van der Waals surface area contributed by atoms with E-state index >= 15 is 0 Å². The van der Waals surface area contributed by atoms with Gasteiger partial charge in [0.2, 0.25) is 5.91 Å². The first-order valence-corrected chi connectivity index (χ1v) is 7.88. The predicted octanol–water partition coefficient (Wildman–Crippen LogP) is 3.91. The van der Waals surface area contributed by atoms with Crippen LogP contribution in [0.3, 0.4) is 0 Å². The zero-order valence-electron chi connectivity index (χ0n) is 12.0. The largest absolute Gasteiger partial charge is 0.489 e. The van der Waals surface area contributed by atoms with Gasteiger partial charge < -0.3 is 15.4 Å². The minimum Gasteiger partial charge on any atom is -0.489 e. The maximum absolute atomic E-state index is 11.9. The maximum Gasteiger partial charge on any atom is 0.243 e. The molecule has 0 radical (unpaired) electrons. The molecule has 0 aliphatic rings. The molecule has 2 rings (SSSR count). The van der Waals surface area contributed by atoms with Crippen molar-refractivity contribution in [2.45, 2.75) is 0 Å². The summed E-state index contributed by atoms with van der Waals surface area (Å²) in [6, 6.07) is 15.1. The Hall–Kier alpha value is -2.02. The summed E-state index contributed by atoms with van der Waals surface area (Å²) in [6.45, 7) is 4.26. The zero-order valence-corrected chi connectivity index (χ0v) is 14.2. The van der Waals surface area contributed by atoms with Crippen molar-refractivity contribution >= 4 is 39.9 Å². The molecule has 2 aromatic carbocycles. The van der Waals surface area contributed by atoms with Gasteiger partial charge in [-0.2, -0.15) is 0 Å². The lowest BCUT2D eigenvalue weighted by Gasteiger charge is -2.09. The SMILES string of the molecule is C=CCOc1cccc(NCC(=O)Nc2ccc(I)cc2)c1. The van der Waals surface area contributed by atoms with Crippen LogP contribution in [-0.2, 0) is 4.79 Å². The van der Waals surface area contributed by atoms with Crippen LogP contribution in [0.1, 0.15) is 0 Å². The number of rotatable bonds is 7. The maximum atomic E-state index is 11.9. The number of benzene rings is 2. The van der Waals surface area contributed by atoms with Crippen molar-refractivity contribution in [1.29, 1.82) is 0 Å². The fourth-order valence-corrected chi connectivity index (χ4v) is 2.13. The summed E-state index contributed by atoms with van der Waals surface area (Å²) in [5.74, 6) is 0.640. The number of halogens is 1. The van der Waals surface area contributed by atoms with E-state index < -0.39 is 0 Å². The van der Waals surface area contributed by atoms with Gasteiger partial charge in [-0.1, -0.05) is 18.7 Å². The number of hydrogen-bond donors (Lipinski definition) is 2. The Bertz CT molecular complexity index is 641. The van der Waals surface area contributed by atoms with Crippen LogP contribution in [0.5, 0.6) is 5.75 Å². The van der Waals surface area contributed by atoms with Crippen LogP contribution in [-0.4, -0.2) is 19.1 Å². The van der Waals surface area contributed by atoms with Crippen LogP contribution >= 0.6 is 22.6 Å². The Balaban J connectivity index is 1.85. The fourth-order valence-electron chi connectivity index (χ4n) is 1.77. The lowest BCUT2D eigenvalue weighted by molar-refractivity contribution is -0.114. The number of carbonyl (C=O) groups excluding carboxylic acids is 1. The third-order valence-corrected chi connectivity index (χ3v) is 3.50. The van der Waals surface area contributed by atoms with E-state index in [2.05, 4.69) is 39.8 Å². The Morgan fingerprint density at radius 2 is 1.95 bits per heavy atom. The fraction of sp³-hybridized carbons (Fsp3) is 0.118. The van der Waals surface area contributed by atoms with Crippen LogP contribution in [0.2, 0.25) is 0 Å². The van der Waals surface area contributed by atoms with Gasteiger partial charge in [0.15, 0.2) is 0 Å². The van der Waals surface area contributed by atoms with E-state index in [9.17, 15) is 4.79 Å². The predicted molar refractivity (Wildman–Crippen MR) is 98.4 cm³/mol. The second-order valence-corrected chi connectivity index (χ2v) is 5.78. The highest BCUT2D eigenvalue weighted by molar-refractivity contribution is 14.1. The normalized spacial score (nSPS) is 9.86. The van der Waals surface area contributed by atoms with Gasteiger partial charge in [-0.05, 0) is 59.0 Å². The molecule has 0 fully saturated rings. The van der Waals surface area contributed by atoms with Crippen molar-refractivity contribution in [1.82, 2.24) is 0 Å². The molecule has 0 aliphatic carbocycles. The molecule has 2 N–H and O–H groups in total. The van der Waals surface area contributed by atoms with Gasteiger partial charge in [0, 0.05) is 21.0 Å². The topological polar surface area (TPSA) is 50.4 Å². The molecule has 0 bridgehead atoms. The van der Waals surface area contributed by atoms with Crippen molar-refractivity contribution < 1.29 is 9.53 Å². The van der Waals surface area contributed by atoms with E-state index in [1.807, 2.05) is 48.5 Å². The van der Waals surface area contributed by atoms with E-state index in [4.69, 9.17) is 4.74 Å². The highest BCUT2D eigenvalue weighted by Crippen LogP contribution is 2.17. The van der Waals surface area contributed by atoms with E-state index in [-0.39, 0.29) is 12.5 Å². The Morgan fingerprint density at radius 1 is 1.18 bits per heavy atom. The molecule has 5 heteroatoms. The third kappa shape index (κ3) is 5.40. The Morgan fingerprint density at radius 3 is 2.68 bits per heavy atom. The molecule has 0 unspecified atom stereocenters. The van der Waals surface area contributed by atoms with Crippen LogP contribution in [0.4, 0.5) is 11.4 Å². The molecule has 2 aromatic rings. The molecule has 0 aromatic heterocycles. The summed E-state index contributed by atoms with van der Waals surface area (Å²) < 4.78 is 6.58. The summed E-state index contributed by atoms with van der Waals surface area (Å²) in [7, 11) is 0. The van der Waals surface area contributed by atoms with Gasteiger partial charge in [0.25, 0.3) is 0 Å². The highest BCUT2D eigenvalue weighted by atomic mass is 127. The van der Waals surface area contributed by atoms with Crippen LogP contribution in [0.25, 0.3) is 0 Å². The van der Waals surface area contributed by atoms with Gasteiger partial charge in [-0.3, -0.25) is 4.79 Å². The summed E-state index contributed by atoms with van der Waals surface area (Å²) in [4.78, 5) is 11.9. The number of nitrogens with one attached hydrogen (secondary N) is 2. The lowest BCUT2D eigenvalue weighted by atomic mass is 10.3. The minimum atomic E-state index is -0.0985. The second kappa shape index (κ2) is 8.43. The van der Waals surface area contributed by atoms with E-state index in [1.165, 1.54) is 0 Å². The van der Waals surface area contributed by atoms with E-state index in [0.717, 1.165) is 20.7 Å². The molecule has 22 heavy (non-hydrogen) atoms. The average Bonchev–Trinajstić information content (AvgIpc) is 2.53. The third-order valence-electron chi connectivity index (χ3n) is 2.78. The molecule has 0 heterocycles. The van der Waals surface area contributed by atoms with E-state index in [0.29, 0.717) is 6.61 Å². The summed E-state index contributed by atoms with van der Waals surface area (Å²) >= 11 is 2.22. The molecule has 0 saturated carbocycles. The number of anilines is 2. The molecular weight excluding hydrogens is 391 g/mol. The minimum absolute atomic E-state index is 0.0985. The number of amides is 1. The monoisotopic (exact) mass is 408 g/mol. The quantitative estimate of drug-likeness (QED) is 0.540. The Kier molecular flexibility index (Phi) is 6.27. The first-order chi connectivity index (χ1) is 10.7. The summed E-state index contributed by atoms with van der Waals surface area (Å²) in [5.41, 5.74) is 1.62. The molecule has 0 aliphatic heterocycles. The van der Waals surface area contributed by atoms with Gasteiger partial charge in [-0.25, -0.2) is 0 Å². The van der Waals surface area contributed by atoms with Crippen LogP contribution in [0, 0.1) is 3.57 Å². The van der Waals surface area contributed by atoms with Gasteiger partial charge in [0.05, 0.1) is 6.54 Å². The molecule has 1 amide bonds. The highest BCUT2D eigenvalue weighted by Gasteiger charge is 2.03. The first kappa shape index (κ1) is 16.4. The second-order valence-electron chi connectivity index (χ2n) is 4.54. The first-order valence-electron chi connectivity index (χ1n) is 6.80. The average molecular weight is 408 g/mol.